The van der Waals surface area contributed by atoms with Gasteiger partial charge < -0.3 is 15.4 Å². The van der Waals surface area contributed by atoms with Crippen LogP contribution in [0.2, 0.25) is 0 Å². The van der Waals surface area contributed by atoms with Crippen LogP contribution in [0, 0.1) is 0 Å². The second-order valence-corrected chi connectivity index (χ2v) is 5.29. The average molecular weight is 266 g/mol. The number of piperidine rings is 1. The van der Waals surface area contributed by atoms with Gasteiger partial charge in [0.15, 0.2) is 0 Å². The van der Waals surface area contributed by atoms with Crippen LogP contribution in [0.15, 0.2) is 12.5 Å². The highest BCUT2D eigenvalue weighted by Crippen LogP contribution is 2.26. The van der Waals surface area contributed by atoms with Gasteiger partial charge in [0.05, 0.1) is 11.9 Å². The fourth-order valence-corrected chi connectivity index (χ4v) is 2.63. The maximum Gasteiger partial charge on any atom is 0.219 e. The Kier molecular flexibility index (Phi) is 4.55. The molecule has 19 heavy (non-hydrogen) atoms. The van der Waals surface area contributed by atoms with Crippen LogP contribution in [-0.2, 0) is 11.3 Å². The highest BCUT2D eigenvalue weighted by molar-refractivity contribution is 5.75. The molecule has 6 heteroatoms. The quantitative estimate of drug-likeness (QED) is 0.714. The molecule has 6 nitrogen and oxygen atoms in total. The number of imidazole rings is 1. The molecule has 2 heterocycles. The van der Waals surface area contributed by atoms with Gasteiger partial charge >= 0.3 is 0 Å². The van der Waals surface area contributed by atoms with E-state index < -0.39 is 5.60 Å². The van der Waals surface area contributed by atoms with Gasteiger partial charge in [0.25, 0.3) is 0 Å². The van der Waals surface area contributed by atoms with Crippen LogP contribution in [0.4, 0.5) is 0 Å². The molecule has 2 rings (SSSR count). The zero-order chi connectivity index (χ0) is 13.7. The third kappa shape index (κ3) is 4.04. The van der Waals surface area contributed by atoms with Gasteiger partial charge in [0, 0.05) is 38.4 Å². The van der Waals surface area contributed by atoms with E-state index in [4.69, 9.17) is 0 Å². The maximum atomic E-state index is 11.3. The van der Waals surface area contributed by atoms with Crippen LogP contribution >= 0.6 is 0 Å². The van der Waals surface area contributed by atoms with E-state index >= 15 is 0 Å². The van der Waals surface area contributed by atoms with Crippen molar-refractivity contribution in [1.82, 2.24) is 20.2 Å². The Morgan fingerprint density at radius 2 is 2.53 bits per heavy atom. The van der Waals surface area contributed by atoms with E-state index in [1.54, 1.807) is 19.6 Å². The Balaban J connectivity index is 1.86. The molecule has 0 radical (unpaired) electrons. The Hall–Kier alpha value is -1.40. The first-order valence-corrected chi connectivity index (χ1v) is 6.74. The molecule has 0 saturated carbocycles. The molecule has 0 bridgehead atoms. The van der Waals surface area contributed by atoms with Crippen LogP contribution < -0.4 is 5.32 Å². The molecular formula is C13H22N4O2. The second kappa shape index (κ2) is 6.16. The Morgan fingerprint density at radius 3 is 3.21 bits per heavy atom. The number of hydrogen-bond acceptors (Lipinski definition) is 4. The predicted octanol–water partition coefficient (Wildman–Crippen LogP) is 0.263. The fourth-order valence-electron chi connectivity index (χ4n) is 2.63. The molecule has 1 aromatic heterocycles. The summed E-state index contributed by atoms with van der Waals surface area (Å²) in [4.78, 5) is 20.6. The van der Waals surface area contributed by atoms with Gasteiger partial charge in [-0.3, -0.25) is 9.69 Å². The van der Waals surface area contributed by atoms with Crippen molar-refractivity contribution in [2.45, 2.75) is 37.8 Å². The van der Waals surface area contributed by atoms with Crippen LogP contribution in [0.25, 0.3) is 0 Å². The molecule has 1 fully saturated rings. The smallest absolute Gasteiger partial charge is 0.219 e. The van der Waals surface area contributed by atoms with Crippen molar-refractivity contribution < 1.29 is 9.90 Å². The number of aliphatic hydroxyl groups is 1. The zero-order valence-electron chi connectivity index (χ0n) is 11.4. The molecule has 106 valence electrons. The lowest BCUT2D eigenvalue weighted by Gasteiger charge is -2.39. The number of H-pyrrole nitrogens is 1. The number of aromatic nitrogens is 2. The van der Waals surface area contributed by atoms with Crippen molar-refractivity contribution in [1.29, 1.82) is 0 Å². The summed E-state index contributed by atoms with van der Waals surface area (Å²) in [6.45, 7) is 2.35. The minimum atomic E-state index is -0.745. The van der Waals surface area contributed by atoms with Crippen molar-refractivity contribution >= 4 is 5.91 Å². The third-order valence-electron chi connectivity index (χ3n) is 3.68. The molecule has 0 spiro atoms. The van der Waals surface area contributed by atoms with Gasteiger partial charge in [-0.2, -0.15) is 0 Å². The van der Waals surface area contributed by atoms with Gasteiger partial charge in [-0.15, -0.1) is 0 Å². The summed E-state index contributed by atoms with van der Waals surface area (Å²) in [5, 5.41) is 13.2. The molecule has 1 saturated heterocycles. The summed E-state index contributed by atoms with van der Waals surface area (Å²) in [5.74, 6) is -0.0147. The normalized spacial score (nSPS) is 24.3. The molecule has 1 amide bonds. The highest BCUT2D eigenvalue weighted by atomic mass is 16.3. The number of carbonyl (C=O) groups excluding carboxylic acids is 1. The number of nitrogens with one attached hydrogen (secondary N) is 2. The monoisotopic (exact) mass is 266 g/mol. The Bertz CT molecular complexity index is 407. The summed E-state index contributed by atoms with van der Waals surface area (Å²) in [7, 11) is 1.62. The van der Waals surface area contributed by atoms with E-state index in [0.29, 0.717) is 19.4 Å². The SMILES string of the molecule is CNC(=O)CC[C@]1(O)CCCN(Cc2cnc[nH]2)C1. The maximum absolute atomic E-state index is 11.3. The average Bonchev–Trinajstić information content (AvgIpc) is 2.89. The molecule has 1 atom stereocenters. The van der Waals surface area contributed by atoms with E-state index in [2.05, 4.69) is 20.2 Å². The molecule has 0 aliphatic carbocycles. The summed E-state index contributed by atoms with van der Waals surface area (Å²) >= 11 is 0. The van der Waals surface area contributed by atoms with Crippen molar-refractivity contribution in [2.75, 3.05) is 20.1 Å². The standard InChI is InChI=1S/C13H22N4O2/c1-14-12(18)3-5-13(19)4-2-6-17(9-13)8-11-7-15-10-16-11/h7,10,19H,2-6,8-9H2,1H3,(H,14,18)(H,15,16)/t13-/m1/s1. The highest BCUT2D eigenvalue weighted by Gasteiger charge is 2.33. The fraction of sp³-hybridized carbons (Fsp3) is 0.692. The predicted molar refractivity (Wildman–Crippen MR) is 71.3 cm³/mol. The number of hydrogen-bond donors (Lipinski definition) is 3. The number of rotatable bonds is 5. The van der Waals surface area contributed by atoms with Crippen LogP contribution in [0.3, 0.4) is 0 Å². The van der Waals surface area contributed by atoms with Gasteiger partial charge in [-0.25, -0.2) is 4.98 Å². The van der Waals surface area contributed by atoms with Gasteiger partial charge in [0.2, 0.25) is 5.91 Å². The topological polar surface area (TPSA) is 81.2 Å². The van der Waals surface area contributed by atoms with E-state index in [-0.39, 0.29) is 5.91 Å². The lowest BCUT2D eigenvalue weighted by Crippen LogP contribution is -2.48. The Labute approximate surface area is 113 Å². The van der Waals surface area contributed by atoms with Crippen molar-refractivity contribution in [3.63, 3.8) is 0 Å². The summed E-state index contributed by atoms with van der Waals surface area (Å²) in [6, 6.07) is 0. The first kappa shape index (κ1) is 14.0. The number of β-amino-alcohol motifs (C(OH)–C–C–N with tert-alkyl or cyclic N) is 1. The van der Waals surface area contributed by atoms with E-state index in [1.807, 2.05) is 0 Å². The van der Waals surface area contributed by atoms with Crippen molar-refractivity contribution in [3.05, 3.63) is 18.2 Å². The minimum absolute atomic E-state index is 0.0147. The Morgan fingerprint density at radius 1 is 1.68 bits per heavy atom. The zero-order valence-corrected chi connectivity index (χ0v) is 11.4. The number of likely N-dealkylation sites (tertiary alicyclic amines) is 1. The molecule has 0 aromatic carbocycles. The number of carbonyl (C=O) groups is 1. The van der Waals surface area contributed by atoms with E-state index in [0.717, 1.165) is 31.6 Å². The molecular weight excluding hydrogens is 244 g/mol. The first-order valence-electron chi connectivity index (χ1n) is 6.74. The summed E-state index contributed by atoms with van der Waals surface area (Å²) in [5.41, 5.74) is 0.306. The van der Waals surface area contributed by atoms with E-state index in [9.17, 15) is 9.90 Å². The summed E-state index contributed by atoms with van der Waals surface area (Å²) in [6.07, 6.45) is 6.09. The largest absolute Gasteiger partial charge is 0.389 e. The van der Waals surface area contributed by atoms with Crippen molar-refractivity contribution in [2.24, 2.45) is 0 Å². The number of nitrogens with zero attached hydrogens (tertiary/aromatic N) is 2. The second-order valence-electron chi connectivity index (χ2n) is 5.29. The molecule has 0 unspecified atom stereocenters. The van der Waals surface area contributed by atoms with Gasteiger partial charge in [0.1, 0.15) is 0 Å². The molecule has 1 aromatic rings. The lowest BCUT2D eigenvalue weighted by atomic mass is 9.88. The van der Waals surface area contributed by atoms with Crippen molar-refractivity contribution in [3.8, 4) is 0 Å². The van der Waals surface area contributed by atoms with Crippen LogP contribution in [0.5, 0.6) is 0 Å². The van der Waals surface area contributed by atoms with Crippen LogP contribution in [0.1, 0.15) is 31.4 Å². The number of aromatic amines is 1. The minimum Gasteiger partial charge on any atom is -0.389 e. The lowest BCUT2D eigenvalue weighted by molar-refractivity contribution is -0.122. The molecule has 1 aliphatic heterocycles. The first-order chi connectivity index (χ1) is 9.11. The number of amides is 1. The third-order valence-corrected chi connectivity index (χ3v) is 3.68. The van der Waals surface area contributed by atoms with Gasteiger partial charge in [-0.05, 0) is 25.8 Å². The van der Waals surface area contributed by atoms with E-state index in [1.165, 1.54) is 0 Å². The summed E-state index contributed by atoms with van der Waals surface area (Å²) < 4.78 is 0. The van der Waals surface area contributed by atoms with Crippen LogP contribution in [-0.4, -0.2) is 51.6 Å². The molecule has 1 aliphatic rings. The molecule has 3 N–H and O–H groups in total. The van der Waals surface area contributed by atoms with Gasteiger partial charge in [-0.1, -0.05) is 0 Å².